The third-order valence-electron chi connectivity index (χ3n) is 3.17. The molecule has 0 amide bonds. The highest BCUT2D eigenvalue weighted by atomic mass is 35.5. The van der Waals surface area contributed by atoms with Gasteiger partial charge in [0.2, 0.25) is 5.78 Å². The van der Waals surface area contributed by atoms with Crippen molar-refractivity contribution in [3.63, 3.8) is 0 Å². The summed E-state index contributed by atoms with van der Waals surface area (Å²) in [5.74, 6) is -0.577. The summed E-state index contributed by atoms with van der Waals surface area (Å²) in [7, 11) is 1.56. The van der Waals surface area contributed by atoms with Gasteiger partial charge in [-0.15, -0.1) is 0 Å². The van der Waals surface area contributed by atoms with Crippen molar-refractivity contribution in [3.05, 3.63) is 64.4 Å². The van der Waals surface area contributed by atoms with E-state index in [0.717, 1.165) is 0 Å². The molecule has 0 aliphatic rings. The van der Waals surface area contributed by atoms with Crippen LogP contribution in [0, 0.1) is 0 Å². The second-order valence-electron chi connectivity index (χ2n) is 4.72. The SMILES string of the molecule is CCOC(=O)C(=Cc1ccc(OC)cc1)C(=O)c1cccnc1Cl. The molecule has 0 aliphatic heterocycles. The molecule has 0 saturated heterocycles. The lowest BCUT2D eigenvalue weighted by atomic mass is 10.0. The molecule has 0 aliphatic carbocycles. The highest BCUT2D eigenvalue weighted by Crippen LogP contribution is 2.20. The first-order valence-electron chi connectivity index (χ1n) is 7.25. The monoisotopic (exact) mass is 345 g/mol. The molecule has 1 aromatic heterocycles. The number of benzene rings is 1. The second-order valence-corrected chi connectivity index (χ2v) is 5.08. The minimum Gasteiger partial charge on any atom is -0.497 e. The van der Waals surface area contributed by atoms with E-state index in [0.29, 0.717) is 11.3 Å². The zero-order chi connectivity index (χ0) is 17.5. The van der Waals surface area contributed by atoms with Gasteiger partial charge in [-0.1, -0.05) is 23.7 Å². The van der Waals surface area contributed by atoms with Crippen LogP contribution in [0.1, 0.15) is 22.8 Å². The van der Waals surface area contributed by atoms with Crippen molar-refractivity contribution in [2.24, 2.45) is 0 Å². The van der Waals surface area contributed by atoms with Gasteiger partial charge in [0.15, 0.2) is 0 Å². The molecule has 24 heavy (non-hydrogen) atoms. The standard InChI is InChI=1S/C18H16ClNO4/c1-3-24-18(22)15(11-12-6-8-13(23-2)9-7-12)16(21)14-5-4-10-20-17(14)19/h4-11H,3H2,1-2H3. The van der Waals surface area contributed by atoms with E-state index in [-0.39, 0.29) is 22.9 Å². The van der Waals surface area contributed by atoms with Crippen molar-refractivity contribution in [2.45, 2.75) is 6.92 Å². The summed E-state index contributed by atoms with van der Waals surface area (Å²) in [5, 5.41) is 0.0347. The zero-order valence-electron chi connectivity index (χ0n) is 13.3. The van der Waals surface area contributed by atoms with Crippen LogP contribution in [0.4, 0.5) is 0 Å². The van der Waals surface area contributed by atoms with Crippen LogP contribution in [0.2, 0.25) is 5.15 Å². The van der Waals surface area contributed by atoms with Crippen LogP contribution in [0.25, 0.3) is 6.08 Å². The van der Waals surface area contributed by atoms with Crippen molar-refractivity contribution in [2.75, 3.05) is 13.7 Å². The molecule has 0 saturated carbocycles. The molecule has 0 bridgehead atoms. The molecule has 2 aromatic rings. The first-order valence-corrected chi connectivity index (χ1v) is 7.62. The number of methoxy groups -OCH3 is 1. The Kier molecular flexibility index (Phi) is 6.09. The van der Waals surface area contributed by atoms with E-state index in [9.17, 15) is 9.59 Å². The Bertz CT molecular complexity index is 769. The van der Waals surface area contributed by atoms with Gasteiger partial charge in [-0.05, 0) is 42.8 Å². The van der Waals surface area contributed by atoms with E-state index in [4.69, 9.17) is 21.1 Å². The molecule has 0 unspecified atom stereocenters. The number of aromatic nitrogens is 1. The summed E-state index contributed by atoms with van der Waals surface area (Å²) in [4.78, 5) is 28.8. The molecule has 124 valence electrons. The predicted molar refractivity (Wildman–Crippen MR) is 91.2 cm³/mol. The van der Waals surface area contributed by atoms with E-state index in [1.807, 2.05) is 0 Å². The number of halogens is 1. The van der Waals surface area contributed by atoms with Crippen LogP contribution < -0.4 is 4.74 Å². The van der Waals surface area contributed by atoms with Crippen molar-refractivity contribution in [1.29, 1.82) is 0 Å². The van der Waals surface area contributed by atoms with E-state index in [1.165, 1.54) is 18.3 Å². The van der Waals surface area contributed by atoms with Gasteiger partial charge in [0.25, 0.3) is 0 Å². The number of hydrogen-bond acceptors (Lipinski definition) is 5. The molecule has 0 fully saturated rings. The number of ketones is 1. The molecule has 0 radical (unpaired) electrons. The number of Topliss-reactive ketones (excluding diaryl/α,β-unsaturated/α-hetero) is 1. The van der Waals surface area contributed by atoms with Gasteiger partial charge < -0.3 is 9.47 Å². The Morgan fingerprint density at radius 2 is 1.92 bits per heavy atom. The van der Waals surface area contributed by atoms with E-state index >= 15 is 0 Å². The number of carbonyl (C=O) groups excluding carboxylic acids is 2. The minimum absolute atomic E-state index is 0.0347. The number of pyridine rings is 1. The van der Waals surface area contributed by atoms with Crippen LogP contribution in [-0.4, -0.2) is 30.5 Å². The normalized spacial score (nSPS) is 11.0. The molecule has 0 atom stereocenters. The molecule has 6 heteroatoms. The molecule has 0 N–H and O–H groups in total. The number of rotatable bonds is 6. The van der Waals surface area contributed by atoms with Crippen molar-refractivity contribution in [3.8, 4) is 5.75 Å². The third kappa shape index (κ3) is 4.20. The second kappa shape index (κ2) is 8.26. The van der Waals surface area contributed by atoms with E-state index < -0.39 is 11.8 Å². The number of esters is 1. The number of carbonyl (C=O) groups is 2. The summed E-state index contributed by atoms with van der Waals surface area (Å²) in [6, 6.07) is 10.0. The summed E-state index contributed by atoms with van der Waals surface area (Å²) in [5.41, 5.74) is 0.691. The topological polar surface area (TPSA) is 65.5 Å². The first-order chi connectivity index (χ1) is 11.6. The lowest BCUT2D eigenvalue weighted by Gasteiger charge is -2.08. The molecular formula is C18H16ClNO4. The molecule has 1 aromatic carbocycles. The molecule has 1 heterocycles. The first kappa shape index (κ1) is 17.7. The Hall–Kier alpha value is -2.66. The Morgan fingerprint density at radius 3 is 2.50 bits per heavy atom. The largest absolute Gasteiger partial charge is 0.497 e. The summed E-state index contributed by atoms with van der Waals surface area (Å²) >= 11 is 5.96. The summed E-state index contributed by atoms with van der Waals surface area (Å²) < 4.78 is 10.1. The smallest absolute Gasteiger partial charge is 0.342 e. The summed E-state index contributed by atoms with van der Waals surface area (Å²) in [6.07, 6.45) is 2.93. The number of ether oxygens (including phenoxy) is 2. The zero-order valence-corrected chi connectivity index (χ0v) is 14.0. The van der Waals surface area contributed by atoms with E-state index in [1.54, 1.807) is 44.4 Å². The molecule has 5 nitrogen and oxygen atoms in total. The highest BCUT2D eigenvalue weighted by molar-refractivity contribution is 6.36. The molecule has 0 spiro atoms. The maximum Gasteiger partial charge on any atom is 0.342 e. The van der Waals surface area contributed by atoms with Gasteiger partial charge in [-0.2, -0.15) is 0 Å². The van der Waals surface area contributed by atoms with Crippen molar-refractivity contribution < 1.29 is 19.1 Å². The highest BCUT2D eigenvalue weighted by Gasteiger charge is 2.23. The average molecular weight is 346 g/mol. The fraction of sp³-hybridized carbons (Fsp3) is 0.167. The lowest BCUT2D eigenvalue weighted by molar-refractivity contribution is -0.137. The quantitative estimate of drug-likeness (QED) is 0.200. The fourth-order valence-electron chi connectivity index (χ4n) is 1.99. The predicted octanol–water partition coefficient (Wildman–Crippen LogP) is 3.57. The fourth-order valence-corrected chi connectivity index (χ4v) is 2.20. The van der Waals surface area contributed by atoms with E-state index in [2.05, 4.69) is 4.98 Å². The minimum atomic E-state index is -0.710. The van der Waals surface area contributed by atoms with Crippen molar-refractivity contribution >= 4 is 29.4 Å². The van der Waals surface area contributed by atoms with Gasteiger partial charge >= 0.3 is 5.97 Å². The maximum atomic E-state index is 12.7. The Balaban J connectivity index is 2.44. The third-order valence-corrected chi connectivity index (χ3v) is 3.47. The van der Waals surface area contributed by atoms with Crippen LogP contribution in [0.15, 0.2) is 48.2 Å². The lowest BCUT2D eigenvalue weighted by Crippen LogP contribution is -2.16. The average Bonchev–Trinajstić information content (AvgIpc) is 2.60. The van der Waals surface area contributed by atoms with Gasteiger partial charge in [0.1, 0.15) is 16.5 Å². The summed E-state index contributed by atoms with van der Waals surface area (Å²) in [6.45, 7) is 1.83. The molecule has 2 rings (SSSR count). The van der Waals surface area contributed by atoms with Crippen molar-refractivity contribution in [1.82, 2.24) is 4.98 Å². The maximum absolute atomic E-state index is 12.7. The van der Waals surface area contributed by atoms with Crippen LogP contribution >= 0.6 is 11.6 Å². The van der Waals surface area contributed by atoms with Crippen LogP contribution in [0.5, 0.6) is 5.75 Å². The van der Waals surface area contributed by atoms with Gasteiger partial charge in [-0.3, -0.25) is 4.79 Å². The van der Waals surface area contributed by atoms with Crippen LogP contribution in [0.3, 0.4) is 0 Å². The van der Waals surface area contributed by atoms with Gasteiger partial charge in [0, 0.05) is 6.20 Å². The van der Waals surface area contributed by atoms with Gasteiger partial charge in [-0.25, -0.2) is 9.78 Å². The Morgan fingerprint density at radius 1 is 1.21 bits per heavy atom. The number of hydrogen-bond donors (Lipinski definition) is 0. The Labute approximate surface area is 144 Å². The van der Waals surface area contributed by atoms with Crippen LogP contribution in [-0.2, 0) is 9.53 Å². The van der Waals surface area contributed by atoms with Gasteiger partial charge in [0.05, 0.1) is 19.3 Å². The molecular weight excluding hydrogens is 330 g/mol. The number of nitrogens with zero attached hydrogens (tertiary/aromatic N) is 1.